The van der Waals surface area contributed by atoms with Crippen molar-refractivity contribution < 1.29 is 24.3 Å². The van der Waals surface area contributed by atoms with Gasteiger partial charge in [0.25, 0.3) is 0 Å². The molecule has 6 heteroatoms. The first-order valence-corrected chi connectivity index (χ1v) is 13.2. The van der Waals surface area contributed by atoms with Crippen LogP contribution in [0, 0.1) is 17.8 Å². The molecule has 0 aromatic heterocycles. The fraction of sp³-hybridized carbons (Fsp3) is 0.212. The molecule has 1 saturated heterocycles. The molecule has 6 nitrogen and oxygen atoms in total. The van der Waals surface area contributed by atoms with Crippen molar-refractivity contribution in [2.24, 2.45) is 17.8 Å². The van der Waals surface area contributed by atoms with Gasteiger partial charge in [0.05, 0.1) is 17.5 Å². The van der Waals surface area contributed by atoms with Gasteiger partial charge in [-0.15, -0.1) is 0 Å². The first-order chi connectivity index (χ1) is 18.9. The number of Topliss-reactive ketones (excluding diaryl/α,β-unsaturated/α-hetero) is 1. The van der Waals surface area contributed by atoms with E-state index in [2.05, 4.69) is 0 Å². The lowest BCUT2D eigenvalue weighted by atomic mass is 9.59. The summed E-state index contributed by atoms with van der Waals surface area (Å²) in [5, 5.41) is 12.0. The van der Waals surface area contributed by atoms with E-state index in [1.54, 1.807) is 37.3 Å². The van der Waals surface area contributed by atoms with Crippen LogP contribution in [-0.2, 0) is 19.2 Å². The molecule has 1 aliphatic heterocycles. The normalized spacial score (nSPS) is 26.3. The maximum atomic E-state index is 13.9. The molecule has 7 rings (SSSR count). The predicted molar refractivity (Wildman–Crippen MR) is 146 cm³/mol. The smallest absolute Gasteiger partial charge is 0.238 e. The molecule has 1 N–H and O–H groups in total. The lowest BCUT2D eigenvalue weighted by molar-refractivity contribution is -0.123. The molecule has 0 bridgehead atoms. The molecular formula is C33H25NO5. The Morgan fingerprint density at radius 3 is 2.31 bits per heavy atom. The van der Waals surface area contributed by atoms with Crippen molar-refractivity contribution in [3.05, 3.63) is 107 Å². The second-order valence-electron chi connectivity index (χ2n) is 10.8. The summed E-state index contributed by atoms with van der Waals surface area (Å²) in [6.07, 6.45) is 4.05. The number of para-hydroxylation sites is 1. The van der Waals surface area contributed by atoms with E-state index >= 15 is 0 Å². The van der Waals surface area contributed by atoms with E-state index < -0.39 is 23.7 Å². The number of ketones is 2. The highest BCUT2D eigenvalue weighted by Gasteiger charge is 2.56. The molecule has 2 amide bonds. The summed E-state index contributed by atoms with van der Waals surface area (Å²) in [5.74, 6) is -2.82. The number of anilines is 1. The Bertz CT molecular complexity index is 1730. The van der Waals surface area contributed by atoms with Crippen molar-refractivity contribution in [1.29, 1.82) is 0 Å². The van der Waals surface area contributed by atoms with Crippen LogP contribution in [0.2, 0.25) is 0 Å². The highest BCUT2D eigenvalue weighted by Crippen LogP contribution is 2.56. The van der Waals surface area contributed by atoms with Gasteiger partial charge in [0.2, 0.25) is 11.8 Å². The molecule has 0 radical (unpaired) electrons. The number of allylic oxidation sites excluding steroid dienone is 6. The van der Waals surface area contributed by atoms with Gasteiger partial charge in [0.1, 0.15) is 5.75 Å². The Morgan fingerprint density at radius 1 is 0.821 bits per heavy atom. The predicted octanol–water partition coefficient (Wildman–Crippen LogP) is 5.18. The van der Waals surface area contributed by atoms with Gasteiger partial charge in [0, 0.05) is 28.0 Å². The number of carbonyl (C=O) groups is 4. The maximum absolute atomic E-state index is 13.9. The van der Waals surface area contributed by atoms with Crippen LogP contribution in [0.15, 0.2) is 101 Å². The van der Waals surface area contributed by atoms with E-state index in [0.29, 0.717) is 34.2 Å². The van der Waals surface area contributed by atoms with Crippen molar-refractivity contribution in [2.45, 2.75) is 25.7 Å². The Hall–Kier alpha value is -4.58. The number of imide groups is 1. The highest BCUT2D eigenvalue weighted by molar-refractivity contribution is 6.25. The molecule has 3 aromatic carbocycles. The number of phenols is 1. The molecule has 0 spiro atoms. The lowest BCUT2D eigenvalue weighted by Gasteiger charge is -2.42. The topological polar surface area (TPSA) is 91.8 Å². The number of benzene rings is 3. The summed E-state index contributed by atoms with van der Waals surface area (Å²) >= 11 is 0. The fourth-order valence-electron chi connectivity index (χ4n) is 7.13. The summed E-state index contributed by atoms with van der Waals surface area (Å²) < 4.78 is 0. The van der Waals surface area contributed by atoms with E-state index in [9.17, 15) is 24.3 Å². The molecule has 3 aromatic rings. The number of aromatic hydroxyl groups is 1. The second kappa shape index (κ2) is 8.46. The minimum Gasteiger partial charge on any atom is -0.507 e. The van der Waals surface area contributed by atoms with Crippen molar-refractivity contribution in [3.8, 4) is 5.75 Å². The molecule has 3 aliphatic carbocycles. The zero-order valence-electron chi connectivity index (χ0n) is 21.3. The summed E-state index contributed by atoms with van der Waals surface area (Å²) in [7, 11) is 0. The molecule has 1 fully saturated rings. The molecule has 39 heavy (non-hydrogen) atoms. The third-order valence-electron chi connectivity index (χ3n) is 8.82. The third kappa shape index (κ3) is 3.27. The van der Waals surface area contributed by atoms with E-state index in [1.165, 1.54) is 11.0 Å². The standard InChI is InChI=1S/C33H25NO5/c1-17-15-27(36)30-25(31(17)37)16-24-22(28(30)21-13-14-26(35)20-10-6-5-9-19(20)21)11-12-23-29(24)33(39)34(32(23)38)18-7-3-2-4-8-18/h2-11,13-15,23-24,28-29,35H,12,16H2,1H3. The van der Waals surface area contributed by atoms with Crippen LogP contribution < -0.4 is 4.90 Å². The van der Waals surface area contributed by atoms with Gasteiger partial charge >= 0.3 is 0 Å². The van der Waals surface area contributed by atoms with Gasteiger partial charge in [0.15, 0.2) is 11.6 Å². The molecule has 4 aliphatic rings. The number of nitrogens with zero attached hydrogens (tertiary/aromatic N) is 1. The monoisotopic (exact) mass is 515 g/mol. The van der Waals surface area contributed by atoms with Gasteiger partial charge in [-0.2, -0.15) is 0 Å². The average molecular weight is 516 g/mol. The number of amides is 2. The minimum atomic E-state index is -0.619. The van der Waals surface area contributed by atoms with Crippen LogP contribution in [-0.4, -0.2) is 28.5 Å². The average Bonchev–Trinajstić information content (AvgIpc) is 3.21. The zero-order chi connectivity index (χ0) is 27.0. The van der Waals surface area contributed by atoms with Crippen LogP contribution in [0.3, 0.4) is 0 Å². The van der Waals surface area contributed by atoms with Crippen molar-refractivity contribution in [3.63, 3.8) is 0 Å². The quantitative estimate of drug-likeness (QED) is 0.289. The van der Waals surface area contributed by atoms with Crippen LogP contribution in [0.4, 0.5) is 5.69 Å². The Labute approximate surface area is 224 Å². The summed E-state index contributed by atoms with van der Waals surface area (Å²) in [4.78, 5) is 55.8. The molecule has 4 unspecified atom stereocenters. The van der Waals surface area contributed by atoms with E-state index in [0.717, 1.165) is 16.5 Å². The van der Waals surface area contributed by atoms with Gasteiger partial charge in [-0.3, -0.25) is 24.1 Å². The molecule has 0 saturated carbocycles. The molecule has 1 heterocycles. The third-order valence-corrected chi connectivity index (χ3v) is 8.82. The number of rotatable bonds is 2. The van der Waals surface area contributed by atoms with Crippen molar-refractivity contribution in [2.75, 3.05) is 4.90 Å². The zero-order valence-corrected chi connectivity index (χ0v) is 21.3. The SMILES string of the molecule is CC1=CC(=O)C2=C(CC3C(=CCC4C(=O)N(c5ccccc5)C(=O)C43)C2c2ccc(O)c3ccccc23)C1=O. The van der Waals surface area contributed by atoms with Gasteiger partial charge < -0.3 is 5.11 Å². The molecule has 4 atom stereocenters. The van der Waals surface area contributed by atoms with Gasteiger partial charge in [-0.05, 0) is 60.9 Å². The number of fused-ring (bicyclic) bond motifs is 4. The van der Waals surface area contributed by atoms with E-state index in [-0.39, 0.29) is 35.6 Å². The minimum absolute atomic E-state index is 0.130. The van der Waals surface area contributed by atoms with Crippen molar-refractivity contribution in [1.82, 2.24) is 0 Å². The highest BCUT2D eigenvalue weighted by atomic mass is 16.3. The van der Waals surface area contributed by atoms with Crippen LogP contribution in [0.5, 0.6) is 5.75 Å². The van der Waals surface area contributed by atoms with Gasteiger partial charge in [-0.25, -0.2) is 0 Å². The molecule has 192 valence electrons. The number of hydrogen-bond acceptors (Lipinski definition) is 5. The lowest BCUT2D eigenvalue weighted by Crippen LogP contribution is -2.39. The summed E-state index contributed by atoms with van der Waals surface area (Å²) in [5.41, 5.74) is 3.50. The number of phenolic OH excluding ortho intramolecular Hbond substituents is 1. The number of hydrogen-bond donors (Lipinski definition) is 1. The first kappa shape index (κ1) is 23.5. The number of carbonyl (C=O) groups excluding carboxylic acids is 4. The van der Waals surface area contributed by atoms with Crippen LogP contribution in [0.1, 0.15) is 31.2 Å². The molecular weight excluding hydrogens is 490 g/mol. The summed E-state index contributed by atoms with van der Waals surface area (Å²) in [6, 6.07) is 19.8. The summed E-state index contributed by atoms with van der Waals surface area (Å²) in [6.45, 7) is 1.64. The Balaban J connectivity index is 1.43. The van der Waals surface area contributed by atoms with Gasteiger partial charge in [-0.1, -0.05) is 60.2 Å². The Morgan fingerprint density at radius 2 is 1.54 bits per heavy atom. The van der Waals surface area contributed by atoms with Crippen LogP contribution >= 0.6 is 0 Å². The van der Waals surface area contributed by atoms with E-state index in [1.807, 2.05) is 42.5 Å². The van der Waals surface area contributed by atoms with E-state index in [4.69, 9.17) is 0 Å². The largest absolute Gasteiger partial charge is 0.507 e. The fourth-order valence-corrected chi connectivity index (χ4v) is 7.13. The maximum Gasteiger partial charge on any atom is 0.238 e. The Kier molecular flexibility index (Phi) is 5.11. The first-order valence-electron chi connectivity index (χ1n) is 13.2. The van der Waals surface area contributed by atoms with Crippen molar-refractivity contribution >= 4 is 39.8 Å². The second-order valence-corrected chi connectivity index (χ2v) is 10.8. The van der Waals surface area contributed by atoms with Crippen LogP contribution in [0.25, 0.3) is 10.8 Å².